The van der Waals surface area contributed by atoms with E-state index in [2.05, 4.69) is 21.9 Å². The summed E-state index contributed by atoms with van der Waals surface area (Å²) in [6, 6.07) is 9.43. The van der Waals surface area contributed by atoms with Crippen molar-refractivity contribution >= 4 is 11.7 Å². The third-order valence-electron chi connectivity index (χ3n) is 7.36. The number of carbonyl (C=O) groups is 1. The van der Waals surface area contributed by atoms with Gasteiger partial charge >= 0.3 is 5.97 Å². The summed E-state index contributed by atoms with van der Waals surface area (Å²) in [6.07, 6.45) is 5.31. The molecule has 1 N–H and O–H groups in total. The average Bonchev–Trinajstić information content (AvgIpc) is 2.90. The van der Waals surface area contributed by atoms with Gasteiger partial charge in [-0.15, -0.1) is 0 Å². The Morgan fingerprint density at radius 2 is 1.77 bits per heavy atom. The van der Waals surface area contributed by atoms with Crippen molar-refractivity contribution in [3.05, 3.63) is 52.1 Å². The van der Waals surface area contributed by atoms with Crippen molar-refractivity contribution in [3.8, 4) is 11.5 Å². The highest BCUT2D eigenvalue weighted by atomic mass is 16.5. The van der Waals surface area contributed by atoms with Crippen molar-refractivity contribution in [1.82, 2.24) is 4.90 Å². The second-order valence-corrected chi connectivity index (χ2v) is 9.54. The summed E-state index contributed by atoms with van der Waals surface area (Å²) in [7, 11) is 3.02. The summed E-state index contributed by atoms with van der Waals surface area (Å²) in [5, 5.41) is 10.6. The maximum Gasteiger partial charge on any atom is 0.306 e. The predicted molar refractivity (Wildman–Crippen MR) is 133 cm³/mol. The fourth-order valence-corrected chi connectivity index (χ4v) is 5.33. The molecule has 0 unspecified atom stereocenters. The van der Waals surface area contributed by atoms with Crippen LogP contribution < -0.4 is 15.1 Å². The Balaban J connectivity index is 1.47. The first-order valence-electron chi connectivity index (χ1n) is 12.5. The quantitative estimate of drug-likeness (QED) is 0.564. The fraction of sp³-hybridized carbons (Fsp3) is 0.556. The van der Waals surface area contributed by atoms with E-state index < -0.39 is 5.43 Å². The number of aromatic hydroxyl groups is 1. The zero-order chi connectivity index (χ0) is 24.8. The van der Waals surface area contributed by atoms with E-state index in [-0.39, 0.29) is 35.7 Å². The van der Waals surface area contributed by atoms with Gasteiger partial charge in [-0.25, -0.2) is 0 Å². The Morgan fingerprint density at radius 1 is 1.09 bits per heavy atom. The highest BCUT2D eigenvalue weighted by Gasteiger charge is 2.33. The van der Waals surface area contributed by atoms with Crippen molar-refractivity contribution in [2.45, 2.75) is 51.0 Å². The van der Waals surface area contributed by atoms with Gasteiger partial charge in [-0.1, -0.05) is 19.3 Å². The number of hydrogen-bond acceptors (Lipinski definition) is 8. The van der Waals surface area contributed by atoms with Gasteiger partial charge in [0.25, 0.3) is 0 Å². The number of hydrogen-bond donors (Lipinski definition) is 1. The summed E-state index contributed by atoms with van der Waals surface area (Å²) in [6.45, 7) is 3.83. The molecule has 2 aliphatic rings. The van der Waals surface area contributed by atoms with Crippen molar-refractivity contribution < 1.29 is 23.8 Å². The minimum absolute atomic E-state index is 0.0989. The van der Waals surface area contributed by atoms with E-state index in [1.54, 1.807) is 7.11 Å². The van der Waals surface area contributed by atoms with Crippen LogP contribution in [0.5, 0.6) is 11.5 Å². The van der Waals surface area contributed by atoms with Crippen LogP contribution in [0, 0.1) is 5.92 Å². The molecule has 190 valence electrons. The fourth-order valence-electron chi connectivity index (χ4n) is 5.33. The van der Waals surface area contributed by atoms with E-state index in [1.165, 1.54) is 19.6 Å². The molecule has 0 amide bonds. The number of benzene rings is 1. The SMILES string of the molecule is COC(=O)C[C@H](c1oc(CN2CCN(c3ccc(OC)cc3)CC2)cc(=O)c1O)C1CCCCC1. The average molecular weight is 485 g/mol. The summed E-state index contributed by atoms with van der Waals surface area (Å²) < 4.78 is 16.3. The van der Waals surface area contributed by atoms with E-state index in [0.29, 0.717) is 12.3 Å². The molecule has 0 bridgehead atoms. The van der Waals surface area contributed by atoms with Gasteiger partial charge in [-0.05, 0) is 43.0 Å². The molecule has 0 spiro atoms. The molecule has 8 nitrogen and oxygen atoms in total. The highest BCUT2D eigenvalue weighted by molar-refractivity contribution is 5.70. The number of ether oxygens (including phenoxy) is 2. The topological polar surface area (TPSA) is 92.5 Å². The van der Waals surface area contributed by atoms with Gasteiger partial charge in [0.05, 0.1) is 27.2 Å². The highest BCUT2D eigenvalue weighted by Crippen LogP contribution is 2.41. The second kappa shape index (κ2) is 11.6. The first kappa shape index (κ1) is 25.1. The van der Waals surface area contributed by atoms with Gasteiger partial charge in [-0.3, -0.25) is 14.5 Å². The Hall–Kier alpha value is -3.00. The van der Waals surface area contributed by atoms with Gasteiger partial charge in [0, 0.05) is 43.9 Å². The Kier molecular flexibility index (Phi) is 8.33. The monoisotopic (exact) mass is 484 g/mol. The molecule has 1 atom stereocenters. The van der Waals surface area contributed by atoms with Crippen LogP contribution in [0.1, 0.15) is 56.0 Å². The molecule has 2 fully saturated rings. The Morgan fingerprint density at radius 3 is 2.40 bits per heavy atom. The van der Waals surface area contributed by atoms with E-state index in [4.69, 9.17) is 13.9 Å². The first-order valence-corrected chi connectivity index (χ1v) is 12.5. The molecule has 1 saturated carbocycles. The molecule has 0 radical (unpaired) electrons. The molecular formula is C27H36N2O6. The van der Waals surface area contributed by atoms with Crippen molar-refractivity contribution in [2.24, 2.45) is 5.92 Å². The van der Waals surface area contributed by atoms with E-state index in [1.807, 2.05) is 12.1 Å². The van der Waals surface area contributed by atoms with Crippen LogP contribution in [-0.4, -0.2) is 56.4 Å². The van der Waals surface area contributed by atoms with Crippen LogP contribution in [-0.2, 0) is 16.1 Å². The molecule has 1 aromatic carbocycles. The van der Waals surface area contributed by atoms with Crippen LogP contribution in [0.15, 0.2) is 39.5 Å². The molecule has 2 aromatic rings. The smallest absolute Gasteiger partial charge is 0.306 e. The third-order valence-corrected chi connectivity index (χ3v) is 7.36. The lowest BCUT2D eigenvalue weighted by Gasteiger charge is -2.36. The lowest BCUT2D eigenvalue weighted by molar-refractivity contribution is -0.141. The Bertz CT molecular complexity index is 1040. The van der Waals surface area contributed by atoms with Gasteiger partial charge in [0.15, 0.2) is 5.76 Å². The number of rotatable bonds is 8. The lowest BCUT2D eigenvalue weighted by atomic mass is 9.77. The number of esters is 1. The van der Waals surface area contributed by atoms with Crippen molar-refractivity contribution in [2.75, 3.05) is 45.3 Å². The number of nitrogens with zero attached hydrogens (tertiary/aromatic N) is 2. The lowest BCUT2D eigenvalue weighted by Crippen LogP contribution is -2.46. The van der Waals surface area contributed by atoms with Crippen LogP contribution in [0.3, 0.4) is 0 Å². The normalized spacial score (nSPS) is 18.3. The molecule has 1 aromatic heterocycles. The van der Waals surface area contributed by atoms with Gasteiger partial charge in [0.2, 0.25) is 11.2 Å². The molecule has 35 heavy (non-hydrogen) atoms. The van der Waals surface area contributed by atoms with Gasteiger partial charge < -0.3 is 23.9 Å². The molecule has 2 heterocycles. The van der Waals surface area contributed by atoms with E-state index >= 15 is 0 Å². The zero-order valence-electron chi connectivity index (χ0n) is 20.7. The van der Waals surface area contributed by atoms with Crippen LogP contribution >= 0.6 is 0 Å². The maximum absolute atomic E-state index is 12.7. The number of methoxy groups -OCH3 is 2. The molecule has 1 aliphatic heterocycles. The summed E-state index contributed by atoms with van der Waals surface area (Å²) in [5.74, 6) is 0.681. The maximum atomic E-state index is 12.7. The van der Waals surface area contributed by atoms with E-state index in [0.717, 1.165) is 63.3 Å². The van der Waals surface area contributed by atoms with Gasteiger partial charge in [0.1, 0.15) is 11.5 Å². The van der Waals surface area contributed by atoms with Crippen LogP contribution in [0.4, 0.5) is 5.69 Å². The minimum Gasteiger partial charge on any atom is -0.502 e. The van der Waals surface area contributed by atoms with Crippen molar-refractivity contribution in [1.29, 1.82) is 0 Å². The van der Waals surface area contributed by atoms with Crippen LogP contribution in [0.2, 0.25) is 0 Å². The largest absolute Gasteiger partial charge is 0.502 e. The molecule has 8 heteroatoms. The summed E-state index contributed by atoms with van der Waals surface area (Å²) in [5.41, 5.74) is 0.700. The summed E-state index contributed by atoms with van der Waals surface area (Å²) >= 11 is 0. The van der Waals surface area contributed by atoms with Crippen LogP contribution in [0.25, 0.3) is 0 Å². The number of anilines is 1. The third kappa shape index (κ3) is 6.17. The summed E-state index contributed by atoms with van der Waals surface area (Å²) in [4.78, 5) is 29.4. The van der Waals surface area contributed by atoms with E-state index in [9.17, 15) is 14.7 Å². The van der Waals surface area contributed by atoms with Gasteiger partial charge in [-0.2, -0.15) is 0 Å². The molecule has 1 aliphatic carbocycles. The number of carbonyl (C=O) groups excluding carboxylic acids is 1. The molecule has 1 saturated heterocycles. The standard InChI is InChI=1S/C27H36N2O6/c1-33-21-10-8-20(9-11-21)29-14-12-28(13-15-29)18-22-16-24(30)26(32)27(35-22)23(17-25(31)34-2)19-6-4-3-5-7-19/h8-11,16,19,23,32H,3-7,12-15,17-18H2,1-2H3/t23-/m0/s1. The van der Waals surface area contributed by atoms with Crippen molar-refractivity contribution in [3.63, 3.8) is 0 Å². The number of piperazine rings is 1. The Labute approximate surface area is 206 Å². The predicted octanol–water partition coefficient (Wildman–Crippen LogP) is 3.90. The zero-order valence-corrected chi connectivity index (χ0v) is 20.7. The minimum atomic E-state index is -0.455. The first-order chi connectivity index (χ1) is 17.0. The molecular weight excluding hydrogens is 448 g/mol. The molecule has 4 rings (SSSR count). The second-order valence-electron chi connectivity index (χ2n) is 9.54.